The summed E-state index contributed by atoms with van der Waals surface area (Å²) in [5, 5.41) is 4.95. The third-order valence-electron chi connectivity index (χ3n) is 3.97. The predicted octanol–water partition coefficient (Wildman–Crippen LogP) is 4.55. The van der Waals surface area contributed by atoms with E-state index in [0.29, 0.717) is 16.3 Å². The molecule has 2 heterocycles. The van der Waals surface area contributed by atoms with E-state index in [1.165, 1.54) is 23.0 Å². The van der Waals surface area contributed by atoms with Gasteiger partial charge in [0.1, 0.15) is 23.2 Å². The third-order valence-corrected chi connectivity index (χ3v) is 4.58. The van der Waals surface area contributed by atoms with Gasteiger partial charge in [-0.2, -0.15) is 0 Å². The summed E-state index contributed by atoms with van der Waals surface area (Å²) >= 11 is 11.9. The van der Waals surface area contributed by atoms with Crippen LogP contribution in [0.1, 0.15) is 5.56 Å². The maximum Gasteiger partial charge on any atom is 0.267 e. The normalized spacial score (nSPS) is 11.2. The van der Waals surface area contributed by atoms with Crippen molar-refractivity contribution in [2.45, 2.75) is 6.54 Å². The van der Waals surface area contributed by atoms with E-state index in [2.05, 4.69) is 10.1 Å². The maximum absolute atomic E-state index is 14.0. The van der Waals surface area contributed by atoms with Crippen LogP contribution in [0, 0.1) is 5.82 Å². The first-order chi connectivity index (χ1) is 12.5. The standard InChI is InChI=1S/C18H10Cl2FN3O2/c19-11-6-4-10(5-7-11)16-15-17(26-23-16)22-9-24(18(15)25)8-12-13(20)2-1-3-14(12)21/h1-7,9H,8H2. The molecule has 0 fully saturated rings. The van der Waals surface area contributed by atoms with Gasteiger partial charge in [0.05, 0.1) is 6.54 Å². The first kappa shape index (κ1) is 16.8. The van der Waals surface area contributed by atoms with Crippen molar-refractivity contribution >= 4 is 34.3 Å². The molecule has 4 rings (SSSR count). The molecule has 5 nitrogen and oxygen atoms in total. The molecule has 0 spiro atoms. The monoisotopic (exact) mass is 389 g/mol. The molecule has 0 bridgehead atoms. The van der Waals surface area contributed by atoms with Gasteiger partial charge in [-0.3, -0.25) is 9.36 Å². The van der Waals surface area contributed by atoms with Crippen LogP contribution < -0.4 is 5.56 Å². The first-order valence-corrected chi connectivity index (χ1v) is 8.34. The number of aromatic nitrogens is 3. The maximum atomic E-state index is 14.0. The summed E-state index contributed by atoms with van der Waals surface area (Å²) in [6, 6.07) is 11.2. The van der Waals surface area contributed by atoms with E-state index < -0.39 is 11.4 Å². The van der Waals surface area contributed by atoms with Gasteiger partial charge in [0, 0.05) is 21.2 Å². The lowest BCUT2D eigenvalue weighted by Crippen LogP contribution is -2.21. The fraction of sp³-hybridized carbons (Fsp3) is 0.0556. The first-order valence-electron chi connectivity index (χ1n) is 7.58. The van der Waals surface area contributed by atoms with Crippen molar-refractivity contribution < 1.29 is 8.91 Å². The Bertz CT molecular complexity index is 1150. The van der Waals surface area contributed by atoms with Crippen LogP contribution in [-0.2, 0) is 6.54 Å². The zero-order valence-corrected chi connectivity index (χ0v) is 14.6. The number of hydrogen-bond acceptors (Lipinski definition) is 4. The van der Waals surface area contributed by atoms with Crippen LogP contribution >= 0.6 is 23.2 Å². The SMILES string of the molecule is O=c1c2c(-c3ccc(Cl)cc3)noc2ncn1Cc1c(F)cccc1Cl. The fourth-order valence-electron chi connectivity index (χ4n) is 2.65. The second-order valence-corrected chi connectivity index (χ2v) is 6.44. The topological polar surface area (TPSA) is 60.9 Å². The molecule has 8 heteroatoms. The Morgan fingerprint density at radius 1 is 1.12 bits per heavy atom. The van der Waals surface area contributed by atoms with Gasteiger partial charge >= 0.3 is 0 Å². The van der Waals surface area contributed by atoms with Gasteiger partial charge in [0.2, 0.25) is 0 Å². The Morgan fingerprint density at radius 2 is 1.88 bits per heavy atom. The van der Waals surface area contributed by atoms with Crippen molar-refractivity contribution in [1.82, 2.24) is 14.7 Å². The number of rotatable bonds is 3. The van der Waals surface area contributed by atoms with Gasteiger partial charge in [-0.1, -0.05) is 46.6 Å². The molecule has 26 heavy (non-hydrogen) atoms. The van der Waals surface area contributed by atoms with Crippen LogP contribution in [0.15, 0.2) is 58.1 Å². The van der Waals surface area contributed by atoms with E-state index in [9.17, 15) is 9.18 Å². The molecule has 0 saturated heterocycles. The lowest BCUT2D eigenvalue weighted by molar-refractivity contribution is 0.450. The number of benzene rings is 2. The Morgan fingerprint density at radius 3 is 2.62 bits per heavy atom. The van der Waals surface area contributed by atoms with E-state index in [1.807, 2.05) is 0 Å². The van der Waals surface area contributed by atoms with E-state index >= 15 is 0 Å². The van der Waals surface area contributed by atoms with Gasteiger partial charge < -0.3 is 4.52 Å². The van der Waals surface area contributed by atoms with Crippen LogP contribution in [0.3, 0.4) is 0 Å². The van der Waals surface area contributed by atoms with E-state index in [0.717, 1.165) is 0 Å². The highest BCUT2D eigenvalue weighted by Crippen LogP contribution is 2.26. The zero-order valence-electron chi connectivity index (χ0n) is 13.1. The van der Waals surface area contributed by atoms with E-state index in [-0.39, 0.29) is 28.2 Å². The van der Waals surface area contributed by atoms with Gasteiger partial charge in [0.25, 0.3) is 11.3 Å². The average Bonchev–Trinajstić information content (AvgIpc) is 3.05. The van der Waals surface area contributed by atoms with Crippen molar-refractivity contribution in [2.24, 2.45) is 0 Å². The smallest absolute Gasteiger partial charge is 0.267 e. The lowest BCUT2D eigenvalue weighted by atomic mass is 10.1. The number of hydrogen-bond donors (Lipinski definition) is 0. The Hall–Kier alpha value is -2.70. The molecule has 0 amide bonds. The van der Waals surface area contributed by atoms with Crippen LogP contribution in [-0.4, -0.2) is 14.7 Å². The second kappa shape index (κ2) is 6.55. The molecule has 0 atom stereocenters. The molecule has 0 N–H and O–H groups in total. The minimum atomic E-state index is -0.493. The molecule has 0 unspecified atom stereocenters. The Kier molecular flexibility index (Phi) is 4.22. The fourth-order valence-corrected chi connectivity index (χ4v) is 3.00. The van der Waals surface area contributed by atoms with Crippen molar-refractivity contribution in [2.75, 3.05) is 0 Å². The summed E-state index contributed by atoms with van der Waals surface area (Å²) in [5.41, 5.74) is 0.926. The molecule has 0 aliphatic heterocycles. The molecule has 0 saturated carbocycles. The van der Waals surface area contributed by atoms with E-state index in [4.69, 9.17) is 27.7 Å². The summed E-state index contributed by atoms with van der Waals surface area (Å²) in [6.45, 7) is -0.0570. The van der Waals surface area contributed by atoms with Crippen molar-refractivity contribution in [3.8, 4) is 11.3 Å². The Balaban J connectivity index is 1.86. The zero-order chi connectivity index (χ0) is 18.3. The average molecular weight is 390 g/mol. The molecule has 4 aromatic rings. The highest BCUT2D eigenvalue weighted by molar-refractivity contribution is 6.31. The largest absolute Gasteiger partial charge is 0.335 e. The highest BCUT2D eigenvalue weighted by atomic mass is 35.5. The summed E-state index contributed by atoms with van der Waals surface area (Å²) < 4.78 is 20.5. The summed E-state index contributed by atoms with van der Waals surface area (Å²) in [7, 11) is 0. The van der Waals surface area contributed by atoms with Crippen molar-refractivity contribution in [3.05, 3.63) is 80.6 Å². The molecule has 0 aliphatic rings. The molecule has 2 aromatic carbocycles. The molecule has 130 valence electrons. The van der Waals surface area contributed by atoms with Crippen LogP contribution in [0.4, 0.5) is 4.39 Å². The highest BCUT2D eigenvalue weighted by Gasteiger charge is 2.18. The van der Waals surface area contributed by atoms with Gasteiger partial charge in [0.15, 0.2) is 0 Å². The van der Waals surface area contributed by atoms with Gasteiger partial charge in [-0.15, -0.1) is 0 Å². The summed E-state index contributed by atoms with van der Waals surface area (Å²) in [5.74, 6) is -0.493. The molecular formula is C18H10Cl2FN3O2. The number of nitrogens with zero attached hydrogens (tertiary/aromatic N) is 3. The quantitative estimate of drug-likeness (QED) is 0.515. The van der Waals surface area contributed by atoms with Crippen molar-refractivity contribution in [3.63, 3.8) is 0 Å². The molecule has 2 aromatic heterocycles. The van der Waals surface area contributed by atoms with Crippen LogP contribution in [0.2, 0.25) is 10.0 Å². The number of fused-ring (bicyclic) bond motifs is 1. The predicted molar refractivity (Wildman–Crippen MR) is 97.0 cm³/mol. The van der Waals surface area contributed by atoms with Crippen molar-refractivity contribution in [1.29, 1.82) is 0 Å². The Labute approximate surface area is 156 Å². The molecule has 0 radical (unpaired) electrons. The molecular weight excluding hydrogens is 380 g/mol. The number of halogens is 3. The van der Waals surface area contributed by atoms with Gasteiger partial charge in [-0.05, 0) is 24.3 Å². The summed E-state index contributed by atoms with van der Waals surface area (Å²) in [4.78, 5) is 17.0. The second-order valence-electron chi connectivity index (χ2n) is 5.60. The minimum Gasteiger partial charge on any atom is -0.335 e. The van der Waals surface area contributed by atoms with E-state index in [1.54, 1.807) is 30.3 Å². The molecule has 0 aliphatic carbocycles. The van der Waals surface area contributed by atoms with Crippen LogP contribution in [0.5, 0.6) is 0 Å². The van der Waals surface area contributed by atoms with Gasteiger partial charge in [-0.25, -0.2) is 9.37 Å². The lowest BCUT2D eigenvalue weighted by Gasteiger charge is -2.08. The van der Waals surface area contributed by atoms with Crippen LogP contribution in [0.25, 0.3) is 22.4 Å². The third kappa shape index (κ3) is 2.87. The summed E-state index contributed by atoms with van der Waals surface area (Å²) in [6.07, 6.45) is 1.28. The minimum absolute atomic E-state index is 0.0570.